The minimum Gasteiger partial charge on any atom is -0.463 e. The van der Waals surface area contributed by atoms with Crippen molar-refractivity contribution in [1.29, 1.82) is 0 Å². The van der Waals surface area contributed by atoms with E-state index in [1.165, 1.54) is 6.26 Å². The van der Waals surface area contributed by atoms with E-state index in [4.69, 9.17) is 10.5 Å². The molecule has 0 bridgehead atoms. The number of hydrogen-bond acceptors (Lipinski definition) is 5. The second kappa shape index (κ2) is 7.85. The Bertz CT molecular complexity index is 900. The second-order valence-electron chi connectivity index (χ2n) is 5.52. The number of rotatable bonds is 7. The Morgan fingerprint density at radius 2 is 2.04 bits per heavy atom. The Kier molecular flexibility index (Phi) is 5.36. The molecule has 0 saturated carbocycles. The van der Waals surface area contributed by atoms with E-state index in [-0.39, 0.29) is 0 Å². The third-order valence-corrected chi connectivity index (χ3v) is 4.68. The van der Waals surface area contributed by atoms with E-state index in [0.717, 1.165) is 39.4 Å². The number of nitrogens with two attached hydrogens (primary N) is 1. The van der Waals surface area contributed by atoms with Crippen molar-refractivity contribution in [3.05, 3.63) is 72.5 Å². The molecule has 0 fully saturated rings. The Labute approximate surface area is 151 Å². The van der Waals surface area contributed by atoms with Crippen LogP contribution in [-0.4, -0.2) is 11.5 Å². The van der Waals surface area contributed by atoms with Gasteiger partial charge in [-0.15, -0.1) is 0 Å². The van der Waals surface area contributed by atoms with Crippen LogP contribution in [0.1, 0.15) is 24.5 Å². The maximum absolute atomic E-state index is 6.35. The number of ether oxygens (including phenoxy) is 1. The summed E-state index contributed by atoms with van der Waals surface area (Å²) in [4.78, 5) is 4.60. The van der Waals surface area contributed by atoms with Crippen molar-refractivity contribution in [3.8, 4) is 0 Å². The van der Waals surface area contributed by atoms with Crippen LogP contribution in [0.3, 0.4) is 0 Å². The van der Waals surface area contributed by atoms with Crippen molar-refractivity contribution in [2.24, 2.45) is 5.73 Å². The molecule has 3 aromatic rings. The number of nitrogens with zero attached hydrogens (tertiary/aromatic N) is 1. The molecular formula is C20H21N3OS. The molecule has 0 unspecified atom stereocenters. The van der Waals surface area contributed by atoms with Crippen LogP contribution in [0.4, 0.5) is 5.13 Å². The molecular weight excluding hydrogens is 330 g/mol. The number of thiazole rings is 1. The first-order chi connectivity index (χ1) is 12.2. The zero-order valence-corrected chi connectivity index (χ0v) is 15.0. The summed E-state index contributed by atoms with van der Waals surface area (Å²) in [6, 6.07) is 15.8. The first-order valence-electron chi connectivity index (χ1n) is 8.20. The number of fused-ring (bicyclic) bond motifs is 1. The van der Waals surface area contributed by atoms with Gasteiger partial charge in [0.1, 0.15) is 0 Å². The van der Waals surface area contributed by atoms with Gasteiger partial charge in [0.2, 0.25) is 0 Å². The molecule has 0 spiro atoms. The fraction of sp³-hybridized carbons (Fsp3) is 0.150. The predicted molar refractivity (Wildman–Crippen MR) is 107 cm³/mol. The molecule has 1 heterocycles. The zero-order valence-electron chi connectivity index (χ0n) is 14.2. The van der Waals surface area contributed by atoms with Crippen LogP contribution in [0, 0.1) is 0 Å². The van der Waals surface area contributed by atoms with Gasteiger partial charge in [0.25, 0.3) is 0 Å². The van der Waals surface area contributed by atoms with Crippen LogP contribution in [0.2, 0.25) is 0 Å². The van der Waals surface area contributed by atoms with Gasteiger partial charge < -0.3 is 15.8 Å². The van der Waals surface area contributed by atoms with Crippen LogP contribution in [0.15, 0.2) is 61.4 Å². The number of hydrogen-bond donors (Lipinski definition) is 2. The highest BCUT2D eigenvalue weighted by Crippen LogP contribution is 2.31. The molecule has 0 saturated heterocycles. The molecule has 128 valence electrons. The minimum atomic E-state index is 0.577. The SMILES string of the molecule is C=CO/C(=C(\N)c1ccccc1)c1ccc2nc(NCCC)sc2c1. The van der Waals surface area contributed by atoms with E-state index in [1.807, 2.05) is 42.5 Å². The molecule has 0 aliphatic rings. The lowest BCUT2D eigenvalue weighted by molar-refractivity contribution is 0.439. The molecule has 0 amide bonds. The molecule has 2 aromatic carbocycles. The van der Waals surface area contributed by atoms with E-state index in [2.05, 4.69) is 29.9 Å². The van der Waals surface area contributed by atoms with E-state index >= 15 is 0 Å². The maximum Gasteiger partial charge on any atom is 0.183 e. The van der Waals surface area contributed by atoms with Gasteiger partial charge in [-0.25, -0.2) is 4.98 Å². The Morgan fingerprint density at radius 1 is 1.24 bits per heavy atom. The van der Waals surface area contributed by atoms with Crippen LogP contribution >= 0.6 is 11.3 Å². The van der Waals surface area contributed by atoms with Crippen molar-refractivity contribution in [2.75, 3.05) is 11.9 Å². The summed E-state index contributed by atoms with van der Waals surface area (Å²) in [6.45, 7) is 6.72. The average Bonchev–Trinajstić information content (AvgIpc) is 3.06. The van der Waals surface area contributed by atoms with E-state index < -0.39 is 0 Å². The van der Waals surface area contributed by atoms with Crippen molar-refractivity contribution in [2.45, 2.75) is 13.3 Å². The summed E-state index contributed by atoms with van der Waals surface area (Å²) in [5, 5.41) is 4.26. The Morgan fingerprint density at radius 3 is 2.76 bits per heavy atom. The highest BCUT2D eigenvalue weighted by Gasteiger charge is 2.12. The van der Waals surface area contributed by atoms with Gasteiger partial charge in [-0.1, -0.05) is 55.2 Å². The third-order valence-electron chi connectivity index (χ3n) is 3.71. The highest BCUT2D eigenvalue weighted by atomic mass is 32.1. The lowest BCUT2D eigenvalue weighted by atomic mass is 10.1. The maximum atomic E-state index is 6.35. The Balaban J connectivity index is 2.03. The lowest BCUT2D eigenvalue weighted by Gasteiger charge is -2.11. The summed E-state index contributed by atoms with van der Waals surface area (Å²) >= 11 is 1.63. The molecule has 25 heavy (non-hydrogen) atoms. The number of benzene rings is 2. The van der Waals surface area contributed by atoms with Crippen LogP contribution in [-0.2, 0) is 4.74 Å². The fourth-order valence-corrected chi connectivity index (χ4v) is 3.42. The topological polar surface area (TPSA) is 60.2 Å². The highest BCUT2D eigenvalue weighted by molar-refractivity contribution is 7.22. The molecule has 3 rings (SSSR count). The predicted octanol–water partition coefficient (Wildman–Crippen LogP) is 5.06. The lowest BCUT2D eigenvalue weighted by Crippen LogP contribution is -2.02. The molecule has 0 radical (unpaired) electrons. The molecule has 0 atom stereocenters. The molecule has 0 aliphatic carbocycles. The molecule has 5 heteroatoms. The van der Waals surface area contributed by atoms with E-state index in [9.17, 15) is 0 Å². The van der Waals surface area contributed by atoms with Crippen molar-refractivity contribution >= 4 is 38.1 Å². The largest absolute Gasteiger partial charge is 0.463 e. The van der Waals surface area contributed by atoms with Gasteiger partial charge in [0, 0.05) is 17.7 Å². The van der Waals surface area contributed by atoms with Crippen LogP contribution in [0.5, 0.6) is 0 Å². The molecule has 1 aromatic heterocycles. The summed E-state index contributed by atoms with van der Waals surface area (Å²) < 4.78 is 6.74. The number of anilines is 1. The minimum absolute atomic E-state index is 0.577. The number of nitrogens with one attached hydrogen (secondary N) is 1. The van der Waals surface area contributed by atoms with E-state index in [1.54, 1.807) is 11.3 Å². The smallest absolute Gasteiger partial charge is 0.183 e. The zero-order chi connectivity index (χ0) is 17.6. The first-order valence-corrected chi connectivity index (χ1v) is 9.02. The third kappa shape index (κ3) is 3.83. The number of aromatic nitrogens is 1. The van der Waals surface area contributed by atoms with Gasteiger partial charge in [0.15, 0.2) is 10.9 Å². The first kappa shape index (κ1) is 17.0. The summed E-state index contributed by atoms with van der Waals surface area (Å²) in [6.07, 6.45) is 2.46. The van der Waals surface area contributed by atoms with Crippen molar-refractivity contribution in [1.82, 2.24) is 4.98 Å². The van der Waals surface area contributed by atoms with Gasteiger partial charge in [-0.2, -0.15) is 0 Å². The summed E-state index contributed by atoms with van der Waals surface area (Å²) in [5.74, 6) is 0.597. The van der Waals surface area contributed by atoms with Gasteiger partial charge in [0.05, 0.1) is 22.2 Å². The molecule has 0 aliphatic heterocycles. The summed E-state index contributed by atoms with van der Waals surface area (Å²) in [5.41, 5.74) is 9.71. The monoisotopic (exact) mass is 351 g/mol. The van der Waals surface area contributed by atoms with E-state index in [0.29, 0.717) is 11.5 Å². The quantitative estimate of drug-likeness (QED) is 0.461. The van der Waals surface area contributed by atoms with Crippen LogP contribution in [0.25, 0.3) is 21.7 Å². The second-order valence-corrected chi connectivity index (χ2v) is 6.55. The van der Waals surface area contributed by atoms with Gasteiger partial charge in [-0.3, -0.25) is 0 Å². The molecule has 4 nitrogen and oxygen atoms in total. The fourth-order valence-electron chi connectivity index (χ4n) is 2.49. The molecule has 3 N–H and O–H groups in total. The normalized spacial score (nSPS) is 11.9. The van der Waals surface area contributed by atoms with Crippen LogP contribution < -0.4 is 11.1 Å². The summed E-state index contributed by atoms with van der Waals surface area (Å²) in [7, 11) is 0. The average molecular weight is 351 g/mol. The van der Waals surface area contributed by atoms with Gasteiger partial charge in [-0.05, 0) is 24.6 Å². The standard InChI is InChI=1S/C20H21N3OS/c1-3-12-22-20-23-16-11-10-15(13-17(16)25-20)19(24-4-2)18(21)14-8-6-5-7-9-14/h4-11,13H,2-3,12,21H2,1H3,(H,22,23)/b19-18-. The van der Waals surface area contributed by atoms with Crippen molar-refractivity contribution < 1.29 is 4.74 Å². The van der Waals surface area contributed by atoms with Crippen molar-refractivity contribution in [3.63, 3.8) is 0 Å². The van der Waals surface area contributed by atoms with Gasteiger partial charge >= 0.3 is 0 Å². The Hall–Kier alpha value is -2.79.